The number of H-pyrrole nitrogens is 1. The summed E-state index contributed by atoms with van der Waals surface area (Å²) in [5.41, 5.74) is 1.60. The standard InChI is InChI=1S/C20H22ClN7O/c1-13-11-18(27-26-13)24-17-5-8-22-20(25-17)23-16-6-9-28(10-7-16)19(29)14-3-2-4-15(21)12-14/h2-5,8,11-12,16H,6-7,9-10H2,1H3,(H3,22,23,24,25,26,27). The van der Waals surface area contributed by atoms with E-state index in [1.807, 2.05) is 17.9 Å². The molecule has 1 amide bonds. The van der Waals surface area contributed by atoms with Crippen LogP contribution in [0.3, 0.4) is 0 Å². The lowest BCUT2D eigenvalue weighted by Gasteiger charge is -2.32. The molecule has 4 rings (SSSR count). The van der Waals surface area contributed by atoms with Gasteiger partial charge in [0.25, 0.3) is 5.91 Å². The van der Waals surface area contributed by atoms with Gasteiger partial charge >= 0.3 is 0 Å². The summed E-state index contributed by atoms with van der Waals surface area (Å²) < 4.78 is 0. The molecule has 0 unspecified atom stereocenters. The number of anilines is 3. The highest BCUT2D eigenvalue weighted by atomic mass is 35.5. The smallest absolute Gasteiger partial charge is 0.253 e. The summed E-state index contributed by atoms with van der Waals surface area (Å²) in [6.07, 6.45) is 3.35. The number of aromatic nitrogens is 4. The summed E-state index contributed by atoms with van der Waals surface area (Å²) in [6.45, 7) is 3.29. The van der Waals surface area contributed by atoms with E-state index < -0.39 is 0 Å². The molecule has 9 heteroatoms. The number of benzene rings is 1. The lowest BCUT2D eigenvalue weighted by atomic mass is 10.0. The van der Waals surface area contributed by atoms with Crippen LogP contribution >= 0.6 is 11.6 Å². The van der Waals surface area contributed by atoms with Crippen molar-refractivity contribution in [3.05, 3.63) is 58.9 Å². The van der Waals surface area contributed by atoms with Gasteiger partial charge in [-0.2, -0.15) is 10.1 Å². The first-order valence-corrected chi connectivity index (χ1v) is 9.88. The minimum atomic E-state index is 0.0164. The molecule has 3 N–H and O–H groups in total. The second-order valence-corrected chi connectivity index (χ2v) is 7.48. The van der Waals surface area contributed by atoms with E-state index in [1.165, 1.54) is 0 Å². The molecular formula is C20H22ClN7O. The maximum absolute atomic E-state index is 12.6. The average Bonchev–Trinajstić information content (AvgIpc) is 3.13. The van der Waals surface area contributed by atoms with Crippen LogP contribution in [0.5, 0.6) is 0 Å². The van der Waals surface area contributed by atoms with Crippen molar-refractivity contribution >= 4 is 35.1 Å². The van der Waals surface area contributed by atoms with Gasteiger partial charge in [-0.25, -0.2) is 4.98 Å². The Bertz CT molecular complexity index is 998. The van der Waals surface area contributed by atoms with Gasteiger partial charge in [-0.3, -0.25) is 9.89 Å². The number of aryl methyl sites for hydroxylation is 1. The van der Waals surface area contributed by atoms with Gasteiger partial charge in [0.2, 0.25) is 5.95 Å². The normalized spacial score (nSPS) is 14.6. The molecule has 1 aliphatic heterocycles. The largest absolute Gasteiger partial charge is 0.351 e. The molecule has 3 heterocycles. The zero-order chi connectivity index (χ0) is 20.2. The second kappa shape index (κ2) is 8.48. The van der Waals surface area contributed by atoms with Crippen molar-refractivity contribution in [1.82, 2.24) is 25.1 Å². The molecule has 1 fully saturated rings. The highest BCUT2D eigenvalue weighted by Gasteiger charge is 2.24. The van der Waals surface area contributed by atoms with E-state index in [4.69, 9.17) is 11.6 Å². The van der Waals surface area contributed by atoms with E-state index in [-0.39, 0.29) is 11.9 Å². The molecule has 0 radical (unpaired) electrons. The molecule has 29 heavy (non-hydrogen) atoms. The van der Waals surface area contributed by atoms with E-state index in [0.717, 1.165) is 18.5 Å². The summed E-state index contributed by atoms with van der Waals surface area (Å²) in [6, 6.07) is 11.0. The zero-order valence-corrected chi connectivity index (χ0v) is 16.8. The van der Waals surface area contributed by atoms with Gasteiger partial charge in [-0.1, -0.05) is 17.7 Å². The van der Waals surface area contributed by atoms with Crippen molar-refractivity contribution in [1.29, 1.82) is 0 Å². The maximum atomic E-state index is 12.6. The fourth-order valence-electron chi connectivity index (χ4n) is 3.32. The van der Waals surface area contributed by atoms with Crippen molar-refractivity contribution in [3.8, 4) is 0 Å². The minimum Gasteiger partial charge on any atom is -0.351 e. The number of piperidine rings is 1. The topological polar surface area (TPSA) is 98.8 Å². The molecule has 8 nitrogen and oxygen atoms in total. The molecule has 0 aliphatic carbocycles. The summed E-state index contributed by atoms with van der Waals surface area (Å²) >= 11 is 6.00. The summed E-state index contributed by atoms with van der Waals surface area (Å²) in [5, 5.41) is 14.1. The van der Waals surface area contributed by atoms with Crippen LogP contribution in [0.15, 0.2) is 42.6 Å². The second-order valence-electron chi connectivity index (χ2n) is 7.05. The van der Waals surface area contributed by atoms with E-state index in [1.54, 1.807) is 36.5 Å². The first kappa shape index (κ1) is 19.2. The molecule has 0 atom stereocenters. The van der Waals surface area contributed by atoms with Crippen molar-refractivity contribution in [2.75, 3.05) is 23.7 Å². The van der Waals surface area contributed by atoms with Crippen LogP contribution < -0.4 is 10.6 Å². The van der Waals surface area contributed by atoms with E-state index in [9.17, 15) is 4.79 Å². The van der Waals surface area contributed by atoms with Crippen molar-refractivity contribution in [2.24, 2.45) is 0 Å². The molecule has 2 aromatic heterocycles. The Balaban J connectivity index is 1.32. The molecule has 1 aliphatic rings. The quantitative estimate of drug-likeness (QED) is 0.593. The lowest BCUT2D eigenvalue weighted by molar-refractivity contribution is 0.0718. The lowest BCUT2D eigenvalue weighted by Crippen LogP contribution is -2.42. The predicted molar refractivity (Wildman–Crippen MR) is 113 cm³/mol. The summed E-state index contributed by atoms with van der Waals surface area (Å²) in [4.78, 5) is 23.3. The Morgan fingerprint density at radius 3 is 2.76 bits per heavy atom. The van der Waals surface area contributed by atoms with Crippen LogP contribution in [-0.2, 0) is 0 Å². The highest BCUT2D eigenvalue weighted by Crippen LogP contribution is 2.19. The van der Waals surface area contributed by atoms with E-state index in [0.29, 0.717) is 41.3 Å². The third-order valence-corrected chi connectivity index (χ3v) is 5.04. The van der Waals surface area contributed by atoms with Crippen LogP contribution in [0, 0.1) is 6.92 Å². The number of halogens is 1. The van der Waals surface area contributed by atoms with Crippen LogP contribution in [0.2, 0.25) is 5.02 Å². The monoisotopic (exact) mass is 411 g/mol. The fourth-order valence-corrected chi connectivity index (χ4v) is 3.52. The molecule has 0 spiro atoms. The Labute approximate surface area is 173 Å². The molecule has 0 saturated carbocycles. The molecule has 150 valence electrons. The molecule has 1 saturated heterocycles. The van der Waals surface area contributed by atoms with Gasteiger partial charge in [0.15, 0.2) is 5.82 Å². The van der Waals surface area contributed by atoms with Crippen molar-refractivity contribution in [3.63, 3.8) is 0 Å². The van der Waals surface area contributed by atoms with Gasteiger partial charge in [0, 0.05) is 47.7 Å². The number of carbonyl (C=O) groups is 1. The summed E-state index contributed by atoms with van der Waals surface area (Å²) in [5.74, 6) is 1.95. The molecule has 1 aromatic carbocycles. The van der Waals surface area contributed by atoms with Crippen LogP contribution in [0.1, 0.15) is 28.9 Å². The van der Waals surface area contributed by atoms with Crippen molar-refractivity contribution in [2.45, 2.75) is 25.8 Å². The van der Waals surface area contributed by atoms with Crippen LogP contribution in [0.25, 0.3) is 0 Å². The number of hydrogen-bond acceptors (Lipinski definition) is 6. The average molecular weight is 412 g/mol. The predicted octanol–water partition coefficient (Wildman–Crippen LogP) is 3.62. The number of nitrogens with zero attached hydrogens (tertiary/aromatic N) is 4. The highest BCUT2D eigenvalue weighted by molar-refractivity contribution is 6.30. The van der Waals surface area contributed by atoms with Gasteiger partial charge < -0.3 is 15.5 Å². The zero-order valence-electron chi connectivity index (χ0n) is 16.0. The third kappa shape index (κ3) is 4.83. The van der Waals surface area contributed by atoms with Gasteiger partial charge in [0.1, 0.15) is 5.82 Å². The van der Waals surface area contributed by atoms with Gasteiger partial charge in [0.05, 0.1) is 0 Å². The molecule has 3 aromatic rings. The maximum Gasteiger partial charge on any atom is 0.253 e. The Hall–Kier alpha value is -3.13. The molecule has 0 bridgehead atoms. The number of hydrogen-bond donors (Lipinski definition) is 3. The number of carbonyl (C=O) groups excluding carboxylic acids is 1. The van der Waals surface area contributed by atoms with Crippen LogP contribution in [-0.4, -0.2) is 50.1 Å². The first-order chi connectivity index (χ1) is 14.1. The fraction of sp³-hybridized carbons (Fsp3) is 0.300. The number of rotatable bonds is 5. The number of likely N-dealkylation sites (tertiary alicyclic amines) is 1. The van der Waals surface area contributed by atoms with Crippen molar-refractivity contribution < 1.29 is 4.79 Å². The Morgan fingerprint density at radius 1 is 1.21 bits per heavy atom. The molecular weight excluding hydrogens is 390 g/mol. The SMILES string of the molecule is Cc1cc(Nc2ccnc(NC3CCN(C(=O)c4cccc(Cl)c4)CC3)n2)n[nH]1. The minimum absolute atomic E-state index is 0.0164. The van der Waals surface area contributed by atoms with Gasteiger partial charge in [-0.15, -0.1) is 0 Å². The van der Waals surface area contributed by atoms with E-state index in [2.05, 4.69) is 30.8 Å². The summed E-state index contributed by atoms with van der Waals surface area (Å²) in [7, 11) is 0. The third-order valence-electron chi connectivity index (χ3n) is 4.80. The number of amides is 1. The Kier molecular flexibility index (Phi) is 5.62. The first-order valence-electron chi connectivity index (χ1n) is 9.50. The van der Waals surface area contributed by atoms with Gasteiger partial charge in [-0.05, 0) is 44.0 Å². The number of nitrogens with one attached hydrogen (secondary N) is 3. The Morgan fingerprint density at radius 2 is 2.03 bits per heavy atom. The number of aromatic amines is 1. The van der Waals surface area contributed by atoms with Crippen LogP contribution in [0.4, 0.5) is 17.6 Å². The van der Waals surface area contributed by atoms with E-state index >= 15 is 0 Å².